The second-order valence-corrected chi connectivity index (χ2v) is 6.21. The van der Waals surface area contributed by atoms with Crippen molar-refractivity contribution >= 4 is 17.7 Å². The smallest absolute Gasteiger partial charge is 0.254 e. The van der Waals surface area contributed by atoms with Crippen LogP contribution >= 0.6 is 11.8 Å². The molecule has 1 aliphatic rings. The summed E-state index contributed by atoms with van der Waals surface area (Å²) in [5, 5.41) is 3.36. The maximum Gasteiger partial charge on any atom is 0.254 e. The molecule has 1 unspecified atom stereocenters. The fraction of sp³-hybridized carbons (Fsp3) is 0.562. The van der Waals surface area contributed by atoms with E-state index in [1.165, 1.54) is 0 Å². The summed E-state index contributed by atoms with van der Waals surface area (Å²) in [6, 6.07) is 6.52. The second-order valence-electron chi connectivity index (χ2n) is 5.33. The van der Waals surface area contributed by atoms with E-state index in [0.29, 0.717) is 6.04 Å². The van der Waals surface area contributed by atoms with Gasteiger partial charge in [0, 0.05) is 29.6 Å². The summed E-state index contributed by atoms with van der Waals surface area (Å²) in [5.41, 5.74) is 1.93. The number of nitrogens with one attached hydrogen (secondary N) is 1. The lowest BCUT2D eigenvalue weighted by Gasteiger charge is -2.29. The van der Waals surface area contributed by atoms with Crippen LogP contribution in [0.25, 0.3) is 0 Å². The van der Waals surface area contributed by atoms with Gasteiger partial charge in [-0.25, -0.2) is 0 Å². The van der Waals surface area contributed by atoms with Crippen LogP contribution in [0.4, 0.5) is 0 Å². The Morgan fingerprint density at radius 2 is 2.30 bits per heavy atom. The van der Waals surface area contributed by atoms with Crippen LogP contribution in [-0.2, 0) is 0 Å². The molecule has 3 nitrogen and oxygen atoms in total. The normalized spacial score (nSPS) is 18.2. The fourth-order valence-electron chi connectivity index (χ4n) is 2.71. The number of carbonyl (C=O) groups is 1. The average molecular weight is 292 g/mol. The third-order valence-corrected chi connectivity index (χ3v) is 4.60. The summed E-state index contributed by atoms with van der Waals surface area (Å²) in [6.45, 7) is 6.94. The number of thioether (sulfide) groups is 1. The molecule has 0 radical (unpaired) electrons. The van der Waals surface area contributed by atoms with Crippen LogP contribution in [0.5, 0.6) is 0 Å². The van der Waals surface area contributed by atoms with Crippen molar-refractivity contribution in [3.63, 3.8) is 0 Å². The van der Waals surface area contributed by atoms with Gasteiger partial charge in [0.05, 0.1) is 0 Å². The average Bonchev–Trinajstić information content (AvgIpc) is 2.98. The molecule has 110 valence electrons. The molecule has 0 aromatic heterocycles. The number of hydrogen-bond acceptors (Lipinski definition) is 3. The fourth-order valence-corrected chi connectivity index (χ4v) is 3.15. The summed E-state index contributed by atoms with van der Waals surface area (Å²) >= 11 is 1.68. The monoisotopic (exact) mass is 292 g/mol. The van der Waals surface area contributed by atoms with E-state index in [4.69, 9.17) is 0 Å². The first-order valence-corrected chi connectivity index (χ1v) is 8.56. The van der Waals surface area contributed by atoms with E-state index < -0.39 is 0 Å². The zero-order valence-corrected chi connectivity index (χ0v) is 13.4. The lowest BCUT2D eigenvalue weighted by Crippen LogP contribution is -2.42. The molecule has 4 heteroatoms. The highest BCUT2D eigenvalue weighted by atomic mass is 32.2. The van der Waals surface area contributed by atoms with Crippen molar-refractivity contribution in [1.82, 2.24) is 10.2 Å². The van der Waals surface area contributed by atoms with Gasteiger partial charge < -0.3 is 10.2 Å². The molecule has 0 aliphatic carbocycles. The largest absolute Gasteiger partial charge is 0.334 e. The molecule has 1 aliphatic heterocycles. The quantitative estimate of drug-likeness (QED) is 0.847. The third kappa shape index (κ3) is 3.36. The van der Waals surface area contributed by atoms with Gasteiger partial charge in [-0.15, -0.1) is 11.8 Å². The first kappa shape index (κ1) is 15.4. The van der Waals surface area contributed by atoms with E-state index in [1.54, 1.807) is 11.8 Å². The van der Waals surface area contributed by atoms with E-state index in [0.717, 1.165) is 48.5 Å². The Balaban J connectivity index is 2.26. The Bertz CT molecular complexity index is 470. The van der Waals surface area contributed by atoms with Gasteiger partial charge in [0.25, 0.3) is 5.91 Å². The molecule has 1 heterocycles. The van der Waals surface area contributed by atoms with Crippen LogP contribution in [0.1, 0.15) is 35.7 Å². The van der Waals surface area contributed by atoms with Gasteiger partial charge in [-0.2, -0.15) is 0 Å². The number of hydrogen-bond donors (Lipinski definition) is 1. The predicted molar refractivity (Wildman–Crippen MR) is 85.6 cm³/mol. The number of carbonyl (C=O) groups excluding carboxylic acids is 1. The molecule has 1 amide bonds. The lowest BCUT2D eigenvalue weighted by molar-refractivity contribution is 0.0691. The maximum absolute atomic E-state index is 12.9. The highest BCUT2D eigenvalue weighted by Gasteiger charge is 2.27. The lowest BCUT2D eigenvalue weighted by atomic mass is 10.1. The zero-order chi connectivity index (χ0) is 14.5. The summed E-state index contributed by atoms with van der Waals surface area (Å²) in [6.07, 6.45) is 4.11. The van der Waals surface area contributed by atoms with Crippen molar-refractivity contribution < 1.29 is 4.79 Å². The van der Waals surface area contributed by atoms with Crippen LogP contribution in [0.15, 0.2) is 23.1 Å². The Labute approximate surface area is 126 Å². The van der Waals surface area contributed by atoms with E-state index in [9.17, 15) is 4.79 Å². The van der Waals surface area contributed by atoms with Crippen molar-refractivity contribution in [2.24, 2.45) is 0 Å². The number of nitrogens with zero attached hydrogens (tertiary/aromatic N) is 1. The van der Waals surface area contributed by atoms with Crippen LogP contribution < -0.4 is 5.32 Å². The first-order chi connectivity index (χ1) is 9.67. The Hall–Kier alpha value is -1.00. The molecule has 0 bridgehead atoms. The summed E-state index contributed by atoms with van der Waals surface area (Å²) in [5.74, 6) is 0.189. The molecule has 1 N–H and O–H groups in total. The molecule has 1 fully saturated rings. The first-order valence-electron chi connectivity index (χ1n) is 7.33. The predicted octanol–water partition coefficient (Wildman–Crippen LogP) is 2.93. The van der Waals surface area contributed by atoms with Gasteiger partial charge in [-0.3, -0.25) is 4.79 Å². The van der Waals surface area contributed by atoms with Crippen LogP contribution in [0.3, 0.4) is 0 Å². The van der Waals surface area contributed by atoms with E-state index in [2.05, 4.69) is 29.3 Å². The Morgan fingerprint density at radius 1 is 1.50 bits per heavy atom. The summed E-state index contributed by atoms with van der Waals surface area (Å²) in [4.78, 5) is 16.1. The maximum atomic E-state index is 12.9. The molecule has 1 aromatic rings. The topological polar surface area (TPSA) is 32.3 Å². The number of aryl methyl sites for hydroxylation is 1. The molecule has 1 atom stereocenters. The minimum Gasteiger partial charge on any atom is -0.334 e. The molecular formula is C16H24N2OS. The minimum atomic E-state index is 0.189. The van der Waals surface area contributed by atoms with Crippen LogP contribution in [-0.4, -0.2) is 42.7 Å². The number of rotatable bonds is 5. The molecule has 1 aromatic carbocycles. The standard InChI is InChI=1S/C16H24N2OS/c1-4-9-18(13-7-8-17-11-13)16(19)15-10-14(20-3)6-5-12(15)2/h5-6,10,13,17H,4,7-9,11H2,1-3H3. The van der Waals surface area contributed by atoms with Gasteiger partial charge in [-0.05, 0) is 50.3 Å². The molecular weight excluding hydrogens is 268 g/mol. The highest BCUT2D eigenvalue weighted by molar-refractivity contribution is 7.98. The van der Waals surface area contributed by atoms with Crippen molar-refractivity contribution in [1.29, 1.82) is 0 Å². The zero-order valence-electron chi connectivity index (χ0n) is 12.6. The van der Waals surface area contributed by atoms with E-state index in [-0.39, 0.29) is 5.91 Å². The van der Waals surface area contributed by atoms with Crippen molar-refractivity contribution in [3.05, 3.63) is 29.3 Å². The Kier molecular flexibility index (Phi) is 5.49. The van der Waals surface area contributed by atoms with Crippen molar-refractivity contribution in [2.75, 3.05) is 25.9 Å². The van der Waals surface area contributed by atoms with Crippen molar-refractivity contribution in [3.8, 4) is 0 Å². The SMILES string of the molecule is CCCN(C(=O)c1cc(SC)ccc1C)C1CCNC1. The third-order valence-electron chi connectivity index (χ3n) is 3.88. The molecule has 2 rings (SSSR count). The van der Waals surface area contributed by atoms with Crippen LogP contribution in [0, 0.1) is 6.92 Å². The minimum absolute atomic E-state index is 0.189. The van der Waals surface area contributed by atoms with E-state index in [1.807, 2.05) is 19.2 Å². The number of benzene rings is 1. The molecule has 0 saturated carbocycles. The molecule has 1 saturated heterocycles. The summed E-state index contributed by atoms with van der Waals surface area (Å²) < 4.78 is 0. The van der Waals surface area contributed by atoms with Gasteiger partial charge in [0.1, 0.15) is 0 Å². The molecule has 0 spiro atoms. The van der Waals surface area contributed by atoms with E-state index >= 15 is 0 Å². The Morgan fingerprint density at radius 3 is 2.90 bits per heavy atom. The second kappa shape index (κ2) is 7.14. The summed E-state index contributed by atoms with van der Waals surface area (Å²) in [7, 11) is 0. The van der Waals surface area contributed by atoms with Gasteiger partial charge in [0.2, 0.25) is 0 Å². The van der Waals surface area contributed by atoms with Crippen molar-refractivity contribution in [2.45, 2.75) is 37.6 Å². The van der Waals surface area contributed by atoms with Gasteiger partial charge in [0.15, 0.2) is 0 Å². The van der Waals surface area contributed by atoms with Gasteiger partial charge >= 0.3 is 0 Å². The number of amides is 1. The highest BCUT2D eigenvalue weighted by Crippen LogP contribution is 2.22. The van der Waals surface area contributed by atoms with Gasteiger partial charge in [-0.1, -0.05) is 13.0 Å². The molecule has 20 heavy (non-hydrogen) atoms. The van der Waals surface area contributed by atoms with Crippen LogP contribution in [0.2, 0.25) is 0 Å².